The number of rotatable bonds is 4. The number of hydrogen-bond acceptors (Lipinski definition) is 2. The summed E-state index contributed by atoms with van der Waals surface area (Å²) in [6.07, 6.45) is 11.9. The van der Waals surface area contributed by atoms with E-state index in [9.17, 15) is 4.79 Å². The molecule has 0 aliphatic heterocycles. The van der Waals surface area contributed by atoms with Crippen LogP contribution < -0.4 is 0 Å². The molecule has 21 heavy (non-hydrogen) atoms. The van der Waals surface area contributed by atoms with Crippen molar-refractivity contribution in [3.8, 4) is 0 Å². The minimum absolute atomic E-state index is 0.228. The van der Waals surface area contributed by atoms with E-state index in [1.54, 1.807) is 0 Å². The largest absolute Gasteiger partial charge is 0.461 e. The fourth-order valence-electron chi connectivity index (χ4n) is 5.81. The van der Waals surface area contributed by atoms with Crippen LogP contribution in [0.3, 0.4) is 0 Å². The molecule has 1 N–H and O–H groups in total. The molecule has 0 amide bonds. The van der Waals surface area contributed by atoms with Crippen molar-refractivity contribution in [2.45, 2.75) is 51.9 Å². The lowest BCUT2D eigenvalue weighted by molar-refractivity contribution is -0.0521. The molecule has 1 aromatic rings. The average molecular weight is 287 g/mol. The molecule has 4 aliphatic carbocycles. The van der Waals surface area contributed by atoms with Crippen LogP contribution in [0.15, 0.2) is 12.3 Å². The van der Waals surface area contributed by atoms with Gasteiger partial charge in [0.2, 0.25) is 0 Å². The van der Waals surface area contributed by atoms with Crippen molar-refractivity contribution in [1.29, 1.82) is 0 Å². The van der Waals surface area contributed by atoms with E-state index in [-0.39, 0.29) is 5.97 Å². The second-order valence-corrected chi connectivity index (χ2v) is 7.74. The lowest BCUT2D eigenvalue weighted by Crippen LogP contribution is -2.46. The number of aromatic nitrogens is 1. The molecule has 1 heterocycles. The summed E-state index contributed by atoms with van der Waals surface area (Å²) in [5, 5.41) is 0. The van der Waals surface area contributed by atoms with Crippen LogP contribution in [0, 0.1) is 23.2 Å². The highest BCUT2D eigenvalue weighted by molar-refractivity contribution is 5.87. The van der Waals surface area contributed by atoms with E-state index in [1.165, 1.54) is 44.1 Å². The third kappa shape index (κ3) is 2.41. The van der Waals surface area contributed by atoms with Gasteiger partial charge >= 0.3 is 5.97 Å². The molecule has 4 aliphatic rings. The lowest BCUT2D eigenvalue weighted by Gasteiger charge is -2.57. The Bertz CT molecular complexity index is 510. The molecule has 0 radical (unpaired) electrons. The number of hydrogen-bond donors (Lipinski definition) is 1. The van der Waals surface area contributed by atoms with Gasteiger partial charge in [0.15, 0.2) is 0 Å². The molecule has 0 aromatic carbocycles. The number of carbonyl (C=O) groups is 1. The van der Waals surface area contributed by atoms with E-state index in [0.29, 0.717) is 17.7 Å². The van der Waals surface area contributed by atoms with E-state index in [4.69, 9.17) is 4.74 Å². The highest BCUT2D eigenvalue weighted by atomic mass is 16.5. The summed E-state index contributed by atoms with van der Waals surface area (Å²) in [5.41, 5.74) is 2.43. The first-order valence-electron chi connectivity index (χ1n) is 8.50. The summed E-state index contributed by atoms with van der Waals surface area (Å²) >= 11 is 0. The van der Waals surface area contributed by atoms with Gasteiger partial charge in [-0.15, -0.1) is 0 Å². The van der Waals surface area contributed by atoms with Gasteiger partial charge in [-0.1, -0.05) is 0 Å². The topological polar surface area (TPSA) is 42.1 Å². The summed E-state index contributed by atoms with van der Waals surface area (Å²) in [7, 11) is 0. The highest BCUT2D eigenvalue weighted by Gasteiger charge is 2.50. The van der Waals surface area contributed by atoms with Gasteiger partial charge in [0.25, 0.3) is 0 Å². The van der Waals surface area contributed by atoms with Crippen LogP contribution in [-0.2, 0) is 11.2 Å². The number of H-pyrrole nitrogens is 1. The molecule has 4 saturated carbocycles. The van der Waals surface area contributed by atoms with E-state index >= 15 is 0 Å². The number of aromatic amines is 1. The van der Waals surface area contributed by atoms with E-state index < -0.39 is 0 Å². The van der Waals surface area contributed by atoms with Gasteiger partial charge in [-0.25, -0.2) is 4.79 Å². The van der Waals surface area contributed by atoms with Crippen LogP contribution in [0.2, 0.25) is 0 Å². The number of esters is 1. The summed E-state index contributed by atoms with van der Waals surface area (Å²) < 4.78 is 5.06. The first-order valence-corrected chi connectivity index (χ1v) is 8.50. The second-order valence-electron chi connectivity index (χ2n) is 7.74. The van der Waals surface area contributed by atoms with Crippen LogP contribution in [-0.4, -0.2) is 17.6 Å². The quantitative estimate of drug-likeness (QED) is 0.852. The Morgan fingerprint density at radius 2 is 1.86 bits per heavy atom. The summed E-state index contributed by atoms with van der Waals surface area (Å²) in [4.78, 5) is 14.9. The van der Waals surface area contributed by atoms with Gasteiger partial charge in [-0.05, 0) is 86.7 Å². The van der Waals surface area contributed by atoms with Gasteiger partial charge < -0.3 is 9.72 Å². The molecule has 0 saturated heterocycles. The smallest absolute Gasteiger partial charge is 0.354 e. The maximum Gasteiger partial charge on any atom is 0.354 e. The Labute approximate surface area is 126 Å². The first-order chi connectivity index (χ1) is 10.2. The van der Waals surface area contributed by atoms with Crippen molar-refractivity contribution in [1.82, 2.24) is 4.98 Å². The fraction of sp³-hybridized carbons (Fsp3) is 0.722. The fourth-order valence-corrected chi connectivity index (χ4v) is 5.81. The molecule has 3 heteroatoms. The summed E-state index contributed by atoms with van der Waals surface area (Å²) in [6, 6.07) is 2.01. The predicted molar refractivity (Wildman–Crippen MR) is 81.1 cm³/mol. The Morgan fingerprint density at radius 3 is 2.43 bits per heavy atom. The Hall–Kier alpha value is -1.25. The van der Waals surface area contributed by atoms with E-state index in [2.05, 4.69) is 4.98 Å². The van der Waals surface area contributed by atoms with Crippen LogP contribution >= 0.6 is 0 Å². The monoisotopic (exact) mass is 287 g/mol. The maximum absolute atomic E-state index is 11.8. The van der Waals surface area contributed by atoms with Gasteiger partial charge in [-0.2, -0.15) is 0 Å². The molecule has 0 atom stereocenters. The molecule has 5 rings (SSSR count). The van der Waals surface area contributed by atoms with Crippen LogP contribution in [0.25, 0.3) is 0 Å². The minimum atomic E-state index is -0.228. The van der Waals surface area contributed by atoms with Crippen molar-refractivity contribution < 1.29 is 9.53 Å². The molecule has 1 aromatic heterocycles. The zero-order valence-electron chi connectivity index (χ0n) is 12.9. The van der Waals surface area contributed by atoms with E-state index in [1.807, 2.05) is 19.2 Å². The van der Waals surface area contributed by atoms with Crippen LogP contribution in [0.1, 0.15) is 61.5 Å². The first kappa shape index (κ1) is 13.4. The molecular formula is C18H25NO2. The van der Waals surface area contributed by atoms with Gasteiger partial charge in [0.05, 0.1) is 6.61 Å². The number of carbonyl (C=O) groups excluding carboxylic acids is 1. The molecule has 3 nitrogen and oxygen atoms in total. The summed E-state index contributed by atoms with van der Waals surface area (Å²) in [6.45, 7) is 2.28. The third-order valence-corrected chi connectivity index (χ3v) is 5.98. The second kappa shape index (κ2) is 4.89. The van der Waals surface area contributed by atoms with Crippen molar-refractivity contribution in [2.24, 2.45) is 23.2 Å². The minimum Gasteiger partial charge on any atom is -0.461 e. The van der Waals surface area contributed by atoms with Gasteiger partial charge in [0, 0.05) is 6.20 Å². The zero-order chi connectivity index (χ0) is 14.4. The van der Waals surface area contributed by atoms with Crippen molar-refractivity contribution in [2.75, 3.05) is 6.61 Å². The number of nitrogens with one attached hydrogen (secondary N) is 1. The van der Waals surface area contributed by atoms with Crippen molar-refractivity contribution >= 4 is 5.97 Å². The highest BCUT2D eigenvalue weighted by Crippen LogP contribution is 2.61. The Balaban J connectivity index is 1.50. The van der Waals surface area contributed by atoms with Crippen molar-refractivity contribution in [3.63, 3.8) is 0 Å². The zero-order valence-corrected chi connectivity index (χ0v) is 12.9. The molecular weight excluding hydrogens is 262 g/mol. The normalized spacial score (nSPS) is 36.9. The van der Waals surface area contributed by atoms with Crippen LogP contribution in [0.5, 0.6) is 0 Å². The molecule has 0 spiro atoms. The predicted octanol–water partition coefficient (Wildman–Crippen LogP) is 3.95. The van der Waals surface area contributed by atoms with Gasteiger partial charge in [-0.3, -0.25) is 0 Å². The standard InChI is InChI=1S/C18H25NO2/c1-2-21-17(20)16-6-15(11-19-16)10-18-7-12-3-13(8-18)5-14(4-12)9-18/h6,11-14,19H,2-5,7-10H2,1H3. The van der Waals surface area contributed by atoms with E-state index in [0.717, 1.165) is 24.2 Å². The van der Waals surface area contributed by atoms with Crippen LogP contribution in [0.4, 0.5) is 0 Å². The summed E-state index contributed by atoms with van der Waals surface area (Å²) in [5.74, 6) is 2.73. The molecule has 4 bridgehead atoms. The molecule has 4 fully saturated rings. The SMILES string of the molecule is CCOC(=O)c1cc(CC23CC4CC(CC(C4)C2)C3)c[nH]1. The maximum atomic E-state index is 11.8. The molecule has 0 unspecified atom stereocenters. The Morgan fingerprint density at radius 1 is 1.24 bits per heavy atom. The third-order valence-electron chi connectivity index (χ3n) is 5.98. The molecule has 114 valence electrons. The van der Waals surface area contributed by atoms with Crippen molar-refractivity contribution in [3.05, 3.63) is 23.5 Å². The van der Waals surface area contributed by atoms with Gasteiger partial charge in [0.1, 0.15) is 5.69 Å². The lowest BCUT2D eigenvalue weighted by atomic mass is 9.48. The Kier molecular flexibility index (Phi) is 3.13. The number of ether oxygens (including phenoxy) is 1. The average Bonchev–Trinajstić information content (AvgIpc) is 2.85.